The average Bonchev–Trinajstić information content (AvgIpc) is 2.95. The van der Waals surface area contributed by atoms with Crippen LogP contribution in [0.25, 0.3) is 0 Å². The number of ether oxygens (including phenoxy) is 2. The van der Waals surface area contributed by atoms with Crippen LogP contribution in [0.15, 0.2) is 12.1 Å². The smallest absolute Gasteiger partial charge is 0.343 e. The molecule has 0 saturated heterocycles. The van der Waals surface area contributed by atoms with Gasteiger partial charge in [-0.05, 0) is 18.9 Å². The molecule has 2 aromatic carbocycles. The van der Waals surface area contributed by atoms with Crippen LogP contribution in [-0.4, -0.2) is 21.3 Å². The number of phenols is 3. The van der Waals surface area contributed by atoms with Crippen LogP contribution in [0.3, 0.4) is 0 Å². The molecular weight excluding hydrogens is 395 g/mol. The molecule has 1 aliphatic rings. The molecule has 1 aliphatic heterocycles. The molecule has 3 rings (SSSR count). The number of esters is 1. The van der Waals surface area contributed by atoms with Crippen LogP contribution >= 0.6 is 23.2 Å². The standard InChI is InChI=1S/C19H18Cl2O6/c1-3-5-8-6-9(22)7-10(23)17(8)27-18-13-12(11(4-2)26-19(13)25)14(20)16(24)15(18)21/h6-7,11,22-24H,3-5H2,1-2H3. The number of phenolic OH excluding ortho intramolecular Hbond substituents is 3. The highest BCUT2D eigenvalue weighted by Gasteiger charge is 2.39. The summed E-state index contributed by atoms with van der Waals surface area (Å²) in [5.74, 6) is -1.66. The third-order valence-electron chi connectivity index (χ3n) is 4.35. The lowest BCUT2D eigenvalue weighted by atomic mass is 10.0. The predicted molar refractivity (Wildman–Crippen MR) is 100 cm³/mol. The molecule has 0 aliphatic carbocycles. The second kappa shape index (κ2) is 7.37. The Labute approximate surface area is 165 Å². The van der Waals surface area contributed by atoms with E-state index in [2.05, 4.69) is 0 Å². The van der Waals surface area contributed by atoms with E-state index in [9.17, 15) is 20.1 Å². The number of aromatic hydroxyl groups is 3. The number of cyclic esters (lactones) is 1. The number of fused-ring (bicyclic) bond motifs is 1. The van der Waals surface area contributed by atoms with Crippen molar-refractivity contribution in [3.05, 3.63) is 38.9 Å². The number of hydrogen-bond donors (Lipinski definition) is 3. The molecule has 1 unspecified atom stereocenters. The summed E-state index contributed by atoms with van der Waals surface area (Å²) in [4.78, 5) is 12.4. The lowest BCUT2D eigenvalue weighted by molar-refractivity contribution is 0.0377. The molecule has 1 heterocycles. The third kappa shape index (κ3) is 3.24. The van der Waals surface area contributed by atoms with E-state index < -0.39 is 17.8 Å². The zero-order valence-corrected chi connectivity index (χ0v) is 16.2. The van der Waals surface area contributed by atoms with E-state index in [0.717, 1.165) is 12.5 Å². The first-order valence-electron chi connectivity index (χ1n) is 8.47. The Bertz CT molecular complexity index is 925. The molecule has 144 valence electrons. The van der Waals surface area contributed by atoms with Gasteiger partial charge in [0.1, 0.15) is 22.4 Å². The predicted octanol–water partition coefficient (Wildman–Crippen LogP) is 5.48. The van der Waals surface area contributed by atoms with E-state index in [-0.39, 0.29) is 38.6 Å². The summed E-state index contributed by atoms with van der Waals surface area (Å²) in [5, 5.41) is 30.0. The molecule has 0 fully saturated rings. The van der Waals surface area contributed by atoms with Crippen LogP contribution in [-0.2, 0) is 11.2 Å². The topological polar surface area (TPSA) is 96.2 Å². The number of carbonyl (C=O) groups excluding carboxylic acids is 1. The molecule has 0 bridgehead atoms. The molecule has 0 spiro atoms. The van der Waals surface area contributed by atoms with Crippen molar-refractivity contribution in [2.45, 2.75) is 39.2 Å². The Hall–Kier alpha value is -2.31. The van der Waals surface area contributed by atoms with E-state index in [1.807, 2.05) is 6.92 Å². The normalized spacial score (nSPS) is 15.6. The van der Waals surface area contributed by atoms with E-state index in [1.54, 1.807) is 6.92 Å². The van der Waals surface area contributed by atoms with Crippen LogP contribution in [0.4, 0.5) is 0 Å². The minimum atomic E-state index is -0.675. The Morgan fingerprint density at radius 1 is 1.11 bits per heavy atom. The molecular formula is C19H18Cl2O6. The maximum atomic E-state index is 12.4. The maximum absolute atomic E-state index is 12.4. The number of aryl methyl sites for hydroxylation is 1. The van der Waals surface area contributed by atoms with Gasteiger partial charge in [-0.2, -0.15) is 0 Å². The SMILES string of the molecule is CCCc1cc(O)cc(O)c1Oc1c(Cl)c(O)c(Cl)c2c1C(=O)OC2CC. The zero-order chi connectivity index (χ0) is 19.9. The summed E-state index contributed by atoms with van der Waals surface area (Å²) < 4.78 is 11.1. The minimum Gasteiger partial charge on any atom is -0.508 e. The molecule has 8 heteroatoms. The summed E-state index contributed by atoms with van der Waals surface area (Å²) in [5.41, 5.74) is 0.841. The summed E-state index contributed by atoms with van der Waals surface area (Å²) >= 11 is 12.4. The van der Waals surface area contributed by atoms with Gasteiger partial charge < -0.3 is 24.8 Å². The Kier molecular flexibility index (Phi) is 5.31. The van der Waals surface area contributed by atoms with Crippen molar-refractivity contribution >= 4 is 29.2 Å². The minimum absolute atomic E-state index is 0.0181. The van der Waals surface area contributed by atoms with Gasteiger partial charge >= 0.3 is 5.97 Å². The molecule has 0 saturated carbocycles. The second-order valence-electron chi connectivity index (χ2n) is 6.20. The van der Waals surface area contributed by atoms with Crippen molar-refractivity contribution in [3.8, 4) is 28.7 Å². The summed E-state index contributed by atoms with van der Waals surface area (Å²) in [7, 11) is 0. The Balaban J connectivity index is 2.22. The van der Waals surface area contributed by atoms with Crippen molar-refractivity contribution in [2.75, 3.05) is 0 Å². The van der Waals surface area contributed by atoms with Gasteiger partial charge in [-0.25, -0.2) is 4.79 Å². The summed E-state index contributed by atoms with van der Waals surface area (Å²) in [6.07, 6.45) is 1.04. The van der Waals surface area contributed by atoms with Gasteiger partial charge in [0.15, 0.2) is 23.0 Å². The lowest BCUT2D eigenvalue weighted by Crippen LogP contribution is -2.01. The largest absolute Gasteiger partial charge is 0.508 e. The van der Waals surface area contributed by atoms with Crippen LogP contribution in [0.5, 0.6) is 28.7 Å². The Morgan fingerprint density at radius 2 is 1.81 bits per heavy atom. The fraction of sp³-hybridized carbons (Fsp3) is 0.316. The highest BCUT2D eigenvalue weighted by molar-refractivity contribution is 6.39. The third-order valence-corrected chi connectivity index (χ3v) is 5.08. The van der Waals surface area contributed by atoms with Gasteiger partial charge in [-0.3, -0.25) is 0 Å². The van der Waals surface area contributed by atoms with Gasteiger partial charge in [-0.15, -0.1) is 0 Å². The molecule has 0 amide bonds. The van der Waals surface area contributed by atoms with E-state index in [1.165, 1.54) is 6.07 Å². The van der Waals surface area contributed by atoms with Crippen LogP contribution in [0.1, 0.15) is 54.3 Å². The van der Waals surface area contributed by atoms with Crippen molar-refractivity contribution in [1.29, 1.82) is 0 Å². The van der Waals surface area contributed by atoms with Crippen molar-refractivity contribution < 1.29 is 29.6 Å². The number of carbonyl (C=O) groups is 1. The maximum Gasteiger partial charge on any atom is 0.343 e. The fourth-order valence-electron chi connectivity index (χ4n) is 3.14. The average molecular weight is 413 g/mol. The van der Waals surface area contributed by atoms with E-state index in [4.69, 9.17) is 32.7 Å². The molecule has 2 aromatic rings. The van der Waals surface area contributed by atoms with Crippen molar-refractivity contribution in [2.24, 2.45) is 0 Å². The van der Waals surface area contributed by atoms with Crippen LogP contribution < -0.4 is 4.74 Å². The first kappa shape index (κ1) is 19.5. The van der Waals surface area contributed by atoms with E-state index >= 15 is 0 Å². The molecule has 1 atom stereocenters. The highest BCUT2D eigenvalue weighted by Crippen LogP contribution is 2.53. The fourth-order valence-corrected chi connectivity index (χ4v) is 3.73. The summed E-state index contributed by atoms with van der Waals surface area (Å²) in [6.45, 7) is 3.73. The lowest BCUT2D eigenvalue weighted by Gasteiger charge is -2.17. The van der Waals surface area contributed by atoms with Crippen LogP contribution in [0, 0.1) is 0 Å². The van der Waals surface area contributed by atoms with Crippen LogP contribution in [0.2, 0.25) is 10.0 Å². The zero-order valence-electron chi connectivity index (χ0n) is 14.7. The molecule has 27 heavy (non-hydrogen) atoms. The van der Waals surface area contributed by atoms with Gasteiger partial charge in [0, 0.05) is 17.2 Å². The van der Waals surface area contributed by atoms with Gasteiger partial charge in [0.05, 0.1) is 5.02 Å². The molecule has 3 N–H and O–H groups in total. The van der Waals surface area contributed by atoms with Crippen molar-refractivity contribution in [1.82, 2.24) is 0 Å². The van der Waals surface area contributed by atoms with E-state index in [0.29, 0.717) is 24.0 Å². The molecule has 6 nitrogen and oxygen atoms in total. The number of rotatable bonds is 5. The van der Waals surface area contributed by atoms with Crippen molar-refractivity contribution in [3.63, 3.8) is 0 Å². The van der Waals surface area contributed by atoms with Gasteiger partial charge in [0.25, 0.3) is 0 Å². The van der Waals surface area contributed by atoms with Gasteiger partial charge in [0.2, 0.25) is 0 Å². The number of halogens is 2. The number of benzene rings is 2. The summed E-state index contributed by atoms with van der Waals surface area (Å²) in [6, 6.07) is 2.57. The Morgan fingerprint density at radius 3 is 2.44 bits per heavy atom. The first-order valence-corrected chi connectivity index (χ1v) is 9.23. The second-order valence-corrected chi connectivity index (χ2v) is 6.96. The molecule has 0 radical (unpaired) electrons. The quantitative estimate of drug-likeness (QED) is 0.562. The molecule has 0 aromatic heterocycles. The van der Waals surface area contributed by atoms with Gasteiger partial charge in [-0.1, -0.05) is 43.5 Å². The highest BCUT2D eigenvalue weighted by atomic mass is 35.5. The number of hydrogen-bond acceptors (Lipinski definition) is 6. The first-order chi connectivity index (χ1) is 12.8. The monoisotopic (exact) mass is 412 g/mol.